The van der Waals surface area contributed by atoms with Crippen LogP contribution in [0.5, 0.6) is 11.5 Å². The van der Waals surface area contributed by atoms with Crippen molar-refractivity contribution >= 4 is 11.7 Å². The van der Waals surface area contributed by atoms with E-state index in [0.29, 0.717) is 23.6 Å². The molecule has 2 rings (SSSR count). The van der Waals surface area contributed by atoms with Crippen molar-refractivity contribution in [1.82, 2.24) is 5.32 Å². The topological polar surface area (TPSA) is 64.6 Å². The number of hydrogen-bond donors (Lipinski definition) is 1. The molecule has 0 atom stereocenters. The number of carbonyl (C=O) groups is 2. The van der Waals surface area contributed by atoms with E-state index in [-0.39, 0.29) is 18.1 Å². The number of ketones is 1. The van der Waals surface area contributed by atoms with Crippen LogP contribution in [0.15, 0.2) is 48.5 Å². The molecule has 0 saturated carbocycles. The van der Waals surface area contributed by atoms with Crippen LogP contribution in [0.2, 0.25) is 0 Å². The highest BCUT2D eigenvalue weighted by molar-refractivity contribution is 5.99. The predicted molar refractivity (Wildman–Crippen MR) is 101 cm³/mol. The van der Waals surface area contributed by atoms with E-state index in [1.807, 2.05) is 30.3 Å². The van der Waals surface area contributed by atoms with Crippen molar-refractivity contribution in [2.75, 3.05) is 14.2 Å². The second-order valence-electron chi connectivity index (χ2n) is 6.71. The fourth-order valence-electron chi connectivity index (χ4n) is 2.62. The fourth-order valence-corrected chi connectivity index (χ4v) is 2.62. The normalized spacial score (nSPS) is 10.9. The van der Waals surface area contributed by atoms with E-state index in [4.69, 9.17) is 9.47 Å². The van der Waals surface area contributed by atoms with Crippen LogP contribution in [0.3, 0.4) is 0 Å². The Bertz CT molecular complexity index is 769. The Labute approximate surface area is 154 Å². The minimum atomic E-state index is -0.813. The van der Waals surface area contributed by atoms with Crippen molar-refractivity contribution < 1.29 is 19.1 Å². The van der Waals surface area contributed by atoms with Crippen LogP contribution in [-0.4, -0.2) is 25.9 Å². The number of rotatable bonds is 8. The smallest absolute Gasteiger partial charge is 0.226 e. The van der Waals surface area contributed by atoms with Crippen LogP contribution in [0, 0.1) is 5.41 Å². The van der Waals surface area contributed by atoms with Gasteiger partial charge in [0.05, 0.1) is 19.6 Å². The van der Waals surface area contributed by atoms with Gasteiger partial charge in [-0.05, 0) is 12.1 Å². The molecule has 0 aliphatic heterocycles. The maximum absolute atomic E-state index is 12.6. The van der Waals surface area contributed by atoms with Crippen molar-refractivity contribution in [1.29, 1.82) is 0 Å². The fraction of sp³-hybridized carbons (Fsp3) is 0.333. The minimum absolute atomic E-state index is 0.0484. The Morgan fingerprint density at radius 2 is 1.69 bits per heavy atom. The first-order valence-electron chi connectivity index (χ1n) is 8.45. The maximum atomic E-state index is 12.6. The Morgan fingerprint density at radius 1 is 1.00 bits per heavy atom. The van der Waals surface area contributed by atoms with Gasteiger partial charge in [0.15, 0.2) is 5.78 Å². The Morgan fingerprint density at radius 3 is 2.31 bits per heavy atom. The van der Waals surface area contributed by atoms with Gasteiger partial charge in [-0.25, -0.2) is 0 Å². The van der Waals surface area contributed by atoms with Gasteiger partial charge in [-0.1, -0.05) is 44.2 Å². The average Bonchev–Trinajstić information content (AvgIpc) is 2.66. The lowest BCUT2D eigenvalue weighted by atomic mass is 9.84. The zero-order valence-corrected chi connectivity index (χ0v) is 15.7. The molecule has 0 fully saturated rings. The van der Waals surface area contributed by atoms with Gasteiger partial charge in [-0.15, -0.1) is 0 Å². The van der Waals surface area contributed by atoms with E-state index >= 15 is 0 Å². The average molecular weight is 355 g/mol. The summed E-state index contributed by atoms with van der Waals surface area (Å²) < 4.78 is 10.5. The van der Waals surface area contributed by atoms with E-state index in [1.165, 1.54) is 0 Å². The van der Waals surface area contributed by atoms with Gasteiger partial charge in [-0.3, -0.25) is 9.59 Å². The Hall–Kier alpha value is -2.82. The number of hydrogen-bond acceptors (Lipinski definition) is 4. The lowest BCUT2D eigenvalue weighted by Crippen LogP contribution is -2.38. The summed E-state index contributed by atoms with van der Waals surface area (Å²) in [7, 11) is 3.16. The second kappa shape index (κ2) is 8.52. The molecule has 0 bridgehead atoms. The van der Waals surface area contributed by atoms with Gasteiger partial charge in [0.25, 0.3) is 0 Å². The molecule has 138 valence electrons. The van der Waals surface area contributed by atoms with Crippen LogP contribution < -0.4 is 14.8 Å². The van der Waals surface area contributed by atoms with E-state index in [0.717, 1.165) is 5.56 Å². The maximum Gasteiger partial charge on any atom is 0.226 e. The molecular formula is C21H25NO4. The molecule has 0 heterocycles. The van der Waals surface area contributed by atoms with Crippen LogP contribution in [0.1, 0.15) is 36.2 Å². The van der Waals surface area contributed by atoms with Crippen molar-refractivity contribution in [3.05, 3.63) is 59.7 Å². The standard InChI is InChI=1S/C21H25NO4/c1-21(2,13-18(23)15-8-6-5-7-9-15)20(24)22-14-16-10-11-17(25-3)12-19(16)26-4/h5-12H,13-14H2,1-4H3,(H,22,24). The third-order valence-electron chi connectivity index (χ3n) is 4.25. The molecule has 0 radical (unpaired) electrons. The molecule has 0 aliphatic carbocycles. The number of amides is 1. The van der Waals surface area contributed by atoms with Gasteiger partial charge < -0.3 is 14.8 Å². The van der Waals surface area contributed by atoms with Crippen molar-refractivity contribution in [3.8, 4) is 11.5 Å². The van der Waals surface area contributed by atoms with Crippen molar-refractivity contribution in [2.45, 2.75) is 26.8 Å². The summed E-state index contributed by atoms with van der Waals surface area (Å²) >= 11 is 0. The molecular weight excluding hydrogens is 330 g/mol. The second-order valence-corrected chi connectivity index (χ2v) is 6.71. The summed E-state index contributed by atoms with van der Waals surface area (Å²) in [4.78, 5) is 25.0. The zero-order valence-electron chi connectivity index (χ0n) is 15.7. The summed E-state index contributed by atoms with van der Waals surface area (Å²) in [6, 6.07) is 14.4. The van der Waals surface area contributed by atoms with Gasteiger partial charge >= 0.3 is 0 Å². The highest BCUT2D eigenvalue weighted by atomic mass is 16.5. The molecule has 0 unspecified atom stereocenters. The first-order valence-corrected chi connectivity index (χ1v) is 8.45. The molecule has 5 heteroatoms. The van der Waals surface area contributed by atoms with Gasteiger partial charge in [0.1, 0.15) is 11.5 Å². The molecule has 0 aromatic heterocycles. The van der Waals surface area contributed by atoms with Crippen LogP contribution in [0.4, 0.5) is 0 Å². The molecule has 2 aromatic rings. The molecule has 0 saturated heterocycles. The number of ether oxygens (including phenoxy) is 2. The minimum Gasteiger partial charge on any atom is -0.497 e. The van der Waals surface area contributed by atoms with Gasteiger partial charge in [-0.2, -0.15) is 0 Å². The summed E-state index contributed by atoms with van der Waals surface area (Å²) in [5.41, 5.74) is 0.643. The summed E-state index contributed by atoms with van der Waals surface area (Å²) in [5.74, 6) is 1.10. The van der Waals surface area contributed by atoms with Crippen LogP contribution in [-0.2, 0) is 11.3 Å². The molecule has 1 N–H and O–H groups in total. The number of Topliss-reactive ketones (excluding diaryl/α,β-unsaturated/α-hetero) is 1. The molecule has 0 aliphatic rings. The lowest BCUT2D eigenvalue weighted by molar-refractivity contribution is -0.129. The Kier molecular flexibility index (Phi) is 6.39. The highest BCUT2D eigenvalue weighted by Gasteiger charge is 2.30. The SMILES string of the molecule is COc1ccc(CNC(=O)C(C)(C)CC(=O)c2ccccc2)c(OC)c1. The largest absolute Gasteiger partial charge is 0.497 e. The van der Waals surface area contributed by atoms with E-state index in [1.54, 1.807) is 46.3 Å². The predicted octanol–water partition coefficient (Wildman–Crippen LogP) is 3.62. The van der Waals surface area contributed by atoms with Crippen LogP contribution >= 0.6 is 0 Å². The Balaban J connectivity index is 2.01. The molecule has 0 spiro atoms. The first kappa shape index (κ1) is 19.5. The zero-order chi connectivity index (χ0) is 19.2. The lowest BCUT2D eigenvalue weighted by Gasteiger charge is -2.23. The van der Waals surface area contributed by atoms with Gasteiger partial charge in [0, 0.05) is 30.2 Å². The van der Waals surface area contributed by atoms with Gasteiger partial charge in [0.2, 0.25) is 5.91 Å². The number of carbonyl (C=O) groups excluding carboxylic acids is 2. The number of benzene rings is 2. The summed E-state index contributed by atoms with van der Waals surface area (Å²) in [5, 5.41) is 2.90. The first-order chi connectivity index (χ1) is 12.4. The molecule has 2 aromatic carbocycles. The monoisotopic (exact) mass is 355 g/mol. The number of methoxy groups -OCH3 is 2. The molecule has 5 nitrogen and oxygen atoms in total. The third kappa shape index (κ3) is 4.85. The van der Waals surface area contributed by atoms with Crippen molar-refractivity contribution in [2.24, 2.45) is 5.41 Å². The number of nitrogens with one attached hydrogen (secondary N) is 1. The highest BCUT2D eigenvalue weighted by Crippen LogP contribution is 2.26. The van der Waals surface area contributed by atoms with E-state index < -0.39 is 5.41 Å². The van der Waals surface area contributed by atoms with Crippen molar-refractivity contribution in [3.63, 3.8) is 0 Å². The molecule has 1 amide bonds. The third-order valence-corrected chi connectivity index (χ3v) is 4.25. The van der Waals surface area contributed by atoms with E-state index in [9.17, 15) is 9.59 Å². The quantitative estimate of drug-likeness (QED) is 0.735. The molecule has 26 heavy (non-hydrogen) atoms. The van der Waals surface area contributed by atoms with Crippen LogP contribution in [0.25, 0.3) is 0 Å². The van der Waals surface area contributed by atoms with E-state index in [2.05, 4.69) is 5.32 Å². The summed E-state index contributed by atoms with van der Waals surface area (Å²) in [6.07, 6.45) is 0.141. The summed E-state index contributed by atoms with van der Waals surface area (Å²) in [6.45, 7) is 3.86.